The van der Waals surface area contributed by atoms with Crippen molar-refractivity contribution in [3.8, 4) is 0 Å². The second-order valence-electron chi connectivity index (χ2n) is 6.90. The molecule has 0 unspecified atom stereocenters. The Morgan fingerprint density at radius 1 is 0.875 bits per heavy atom. The lowest BCUT2D eigenvalue weighted by atomic mass is 9.93. The summed E-state index contributed by atoms with van der Waals surface area (Å²) in [5.74, 6) is 0. The Labute approximate surface area is 144 Å². The molecular formula is C21H26N2O. The van der Waals surface area contributed by atoms with E-state index in [1.807, 2.05) is 0 Å². The molecular weight excluding hydrogens is 296 g/mol. The van der Waals surface area contributed by atoms with Crippen molar-refractivity contribution in [1.82, 2.24) is 9.96 Å². The summed E-state index contributed by atoms with van der Waals surface area (Å²) in [6, 6.07) is 22.4. The molecule has 2 aliphatic heterocycles. The fraction of sp³-hybridized carbons (Fsp3) is 0.429. The first kappa shape index (κ1) is 15.8. The summed E-state index contributed by atoms with van der Waals surface area (Å²) in [5, 5.41) is 2.22. The van der Waals surface area contributed by atoms with E-state index < -0.39 is 0 Å². The first-order valence-corrected chi connectivity index (χ1v) is 9.14. The minimum Gasteiger partial charge on any atom is -0.282 e. The molecule has 3 heteroatoms. The number of fused-ring (bicyclic) bond motifs is 1. The van der Waals surface area contributed by atoms with Crippen molar-refractivity contribution in [3.05, 3.63) is 71.8 Å². The SMILES string of the molecule is c1ccc(CN2OCN3CCCCC[C@H]3[C@@H]2c2ccccc2)cc1. The number of rotatable bonds is 3. The molecule has 2 fully saturated rings. The van der Waals surface area contributed by atoms with E-state index >= 15 is 0 Å². The van der Waals surface area contributed by atoms with Gasteiger partial charge in [-0.25, -0.2) is 0 Å². The third-order valence-corrected chi connectivity index (χ3v) is 5.30. The highest BCUT2D eigenvalue weighted by Crippen LogP contribution is 2.37. The molecule has 2 saturated heterocycles. The third-order valence-electron chi connectivity index (χ3n) is 5.30. The van der Waals surface area contributed by atoms with Gasteiger partial charge in [0.1, 0.15) is 6.73 Å². The Bertz CT molecular complexity index is 631. The normalized spacial score (nSPS) is 25.8. The van der Waals surface area contributed by atoms with E-state index in [9.17, 15) is 0 Å². The summed E-state index contributed by atoms with van der Waals surface area (Å²) in [5.41, 5.74) is 2.67. The largest absolute Gasteiger partial charge is 0.282 e. The molecule has 0 radical (unpaired) electrons. The van der Waals surface area contributed by atoms with Gasteiger partial charge in [0.2, 0.25) is 0 Å². The van der Waals surface area contributed by atoms with Crippen molar-refractivity contribution in [2.24, 2.45) is 0 Å². The molecule has 0 saturated carbocycles. The van der Waals surface area contributed by atoms with Gasteiger partial charge in [0.25, 0.3) is 0 Å². The van der Waals surface area contributed by atoms with Crippen LogP contribution in [0.15, 0.2) is 60.7 Å². The van der Waals surface area contributed by atoms with Gasteiger partial charge in [-0.3, -0.25) is 9.74 Å². The molecule has 2 aromatic rings. The predicted octanol–water partition coefficient (Wildman–Crippen LogP) is 4.38. The molecule has 0 bridgehead atoms. The number of hydroxylamine groups is 2. The minimum absolute atomic E-state index is 0.304. The number of hydrogen-bond acceptors (Lipinski definition) is 3. The van der Waals surface area contributed by atoms with E-state index in [1.165, 1.54) is 36.8 Å². The Morgan fingerprint density at radius 3 is 2.42 bits per heavy atom. The smallest absolute Gasteiger partial charge is 0.121 e. The molecule has 3 nitrogen and oxygen atoms in total. The summed E-state index contributed by atoms with van der Waals surface area (Å²) in [6.07, 6.45) is 5.21. The van der Waals surface area contributed by atoms with Crippen LogP contribution in [0, 0.1) is 0 Å². The maximum atomic E-state index is 6.23. The molecule has 24 heavy (non-hydrogen) atoms. The number of hydrogen-bond donors (Lipinski definition) is 0. The number of nitrogens with zero attached hydrogens (tertiary/aromatic N) is 2. The topological polar surface area (TPSA) is 15.7 Å². The molecule has 0 amide bonds. The van der Waals surface area contributed by atoms with Crippen LogP contribution in [0.25, 0.3) is 0 Å². The molecule has 126 valence electrons. The van der Waals surface area contributed by atoms with Crippen LogP contribution in [0.5, 0.6) is 0 Å². The van der Waals surface area contributed by atoms with Crippen molar-refractivity contribution in [1.29, 1.82) is 0 Å². The maximum Gasteiger partial charge on any atom is 0.121 e. The zero-order valence-corrected chi connectivity index (χ0v) is 14.2. The van der Waals surface area contributed by atoms with E-state index in [-0.39, 0.29) is 0 Å². The highest BCUT2D eigenvalue weighted by molar-refractivity contribution is 5.22. The Hall–Kier alpha value is -1.68. The van der Waals surface area contributed by atoms with Crippen molar-refractivity contribution < 1.29 is 4.84 Å². The maximum absolute atomic E-state index is 6.23. The van der Waals surface area contributed by atoms with E-state index in [2.05, 4.69) is 70.6 Å². The van der Waals surface area contributed by atoms with Crippen LogP contribution >= 0.6 is 0 Å². The summed E-state index contributed by atoms with van der Waals surface area (Å²) < 4.78 is 0. The third kappa shape index (κ3) is 3.39. The van der Waals surface area contributed by atoms with Crippen molar-refractivity contribution in [2.75, 3.05) is 13.3 Å². The zero-order valence-electron chi connectivity index (χ0n) is 14.2. The monoisotopic (exact) mass is 322 g/mol. The lowest BCUT2D eigenvalue weighted by molar-refractivity contribution is -0.277. The first-order chi connectivity index (χ1) is 11.9. The summed E-state index contributed by atoms with van der Waals surface area (Å²) in [6.45, 7) is 2.72. The second-order valence-corrected chi connectivity index (χ2v) is 6.90. The van der Waals surface area contributed by atoms with Gasteiger partial charge in [0.15, 0.2) is 0 Å². The molecule has 0 N–H and O–H groups in total. The van der Waals surface area contributed by atoms with Gasteiger partial charge in [-0.05, 0) is 24.0 Å². The van der Waals surface area contributed by atoms with Gasteiger partial charge in [0, 0.05) is 19.1 Å². The van der Waals surface area contributed by atoms with Crippen LogP contribution in [0.4, 0.5) is 0 Å². The first-order valence-electron chi connectivity index (χ1n) is 9.14. The van der Waals surface area contributed by atoms with Gasteiger partial charge in [-0.2, -0.15) is 5.06 Å². The van der Waals surface area contributed by atoms with Gasteiger partial charge >= 0.3 is 0 Å². The molecule has 2 heterocycles. The highest BCUT2D eigenvalue weighted by atomic mass is 16.7. The van der Waals surface area contributed by atoms with Crippen LogP contribution in [0.3, 0.4) is 0 Å². The van der Waals surface area contributed by atoms with Crippen LogP contribution in [-0.2, 0) is 11.4 Å². The lowest BCUT2D eigenvalue weighted by Crippen LogP contribution is -2.53. The highest BCUT2D eigenvalue weighted by Gasteiger charge is 2.38. The average Bonchev–Trinajstić information content (AvgIpc) is 2.89. The lowest BCUT2D eigenvalue weighted by Gasteiger charge is -2.46. The van der Waals surface area contributed by atoms with Crippen LogP contribution in [-0.4, -0.2) is 29.3 Å². The molecule has 4 rings (SSSR count). The fourth-order valence-electron chi connectivity index (χ4n) is 4.08. The van der Waals surface area contributed by atoms with Crippen molar-refractivity contribution in [2.45, 2.75) is 44.3 Å². The Balaban J connectivity index is 1.64. The summed E-state index contributed by atoms with van der Waals surface area (Å²) in [7, 11) is 0. The van der Waals surface area contributed by atoms with Gasteiger partial charge in [-0.1, -0.05) is 73.5 Å². The number of benzene rings is 2. The van der Waals surface area contributed by atoms with E-state index in [4.69, 9.17) is 4.84 Å². The molecule has 0 spiro atoms. The average molecular weight is 322 g/mol. The molecule has 2 atom stereocenters. The van der Waals surface area contributed by atoms with Gasteiger partial charge in [-0.15, -0.1) is 0 Å². The molecule has 0 aromatic heterocycles. The van der Waals surface area contributed by atoms with Crippen molar-refractivity contribution >= 4 is 0 Å². The second kappa shape index (κ2) is 7.47. The van der Waals surface area contributed by atoms with Crippen molar-refractivity contribution in [3.63, 3.8) is 0 Å². The van der Waals surface area contributed by atoms with Crippen LogP contribution < -0.4 is 0 Å². The molecule has 0 aliphatic carbocycles. The van der Waals surface area contributed by atoms with Crippen LogP contribution in [0.1, 0.15) is 42.9 Å². The van der Waals surface area contributed by atoms with Gasteiger partial charge in [0.05, 0.1) is 6.04 Å². The predicted molar refractivity (Wildman–Crippen MR) is 96.1 cm³/mol. The molecule has 2 aromatic carbocycles. The molecule has 2 aliphatic rings. The minimum atomic E-state index is 0.304. The zero-order chi connectivity index (χ0) is 16.2. The van der Waals surface area contributed by atoms with E-state index in [1.54, 1.807) is 0 Å². The van der Waals surface area contributed by atoms with E-state index in [0.29, 0.717) is 12.1 Å². The summed E-state index contributed by atoms with van der Waals surface area (Å²) in [4.78, 5) is 8.78. The Kier molecular flexibility index (Phi) is 4.93. The standard InChI is InChI=1S/C21H26N2O/c1-4-10-18(11-5-1)16-23-21(19-12-6-2-7-13-19)20-14-8-3-9-15-22(20)17-24-23/h1-2,4-7,10-13,20-21H,3,8-9,14-17H2/t20-,21-/m0/s1. The Morgan fingerprint density at radius 2 is 1.62 bits per heavy atom. The quantitative estimate of drug-likeness (QED) is 0.834. The van der Waals surface area contributed by atoms with Gasteiger partial charge < -0.3 is 0 Å². The van der Waals surface area contributed by atoms with Crippen LogP contribution in [0.2, 0.25) is 0 Å². The van der Waals surface area contributed by atoms with E-state index in [0.717, 1.165) is 19.8 Å². The summed E-state index contributed by atoms with van der Waals surface area (Å²) >= 11 is 0. The fourth-order valence-corrected chi connectivity index (χ4v) is 4.08.